The van der Waals surface area contributed by atoms with Crippen LogP contribution in [-0.2, 0) is 0 Å². The average Bonchev–Trinajstić information content (AvgIpc) is 2.33. The molecular formula is C12H15F2NS. The highest BCUT2D eigenvalue weighted by Gasteiger charge is 2.21. The molecule has 0 amide bonds. The number of nitrogens with one attached hydrogen (secondary N) is 1. The molecule has 1 atom stereocenters. The van der Waals surface area contributed by atoms with Crippen LogP contribution in [0, 0.1) is 11.6 Å². The molecule has 2 rings (SSSR count). The predicted octanol–water partition coefficient (Wildman–Crippen LogP) is 3.50. The van der Waals surface area contributed by atoms with Crippen LogP contribution in [0.4, 0.5) is 8.78 Å². The average molecular weight is 243 g/mol. The molecule has 4 heteroatoms. The van der Waals surface area contributed by atoms with E-state index in [1.54, 1.807) is 6.26 Å². The maximum absolute atomic E-state index is 14.0. The van der Waals surface area contributed by atoms with E-state index in [9.17, 15) is 8.78 Å². The first-order valence-electron chi connectivity index (χ1n) is 5.48. The van der Waals surface area contributed by atoms with Gasteiger partial charge in [0.15, 0.2) is 0 Å². The monoisotopic (exact) mass is 243 g/mol. The van der Waals surface area contributed by atoms with Crippen molar-refractivity contribution in [3.63, 3.8) is 0 Å². The Balaban J connectivity index is 2.34. The SMILES string of the molecule is CSc1cc(F)cc(C2CCCCN2)c1F. The molecule has 0 bridgehead atoms. The maximum atomic E-state index is 14.0. The molecule has 1 unspecified atom stereocenters. The van der Waals surface area contributed by atoms with Crippen molar-refractivity contribution in [3.05, 3.63) is 29.3 Å². The molecule has 1 aromatic carbocycles. The molecule has 0 saturated carbocycles. The summed E-state index contributed by atoms with van der Waals surface area (Å²) in [5.74, 6) is -0.624. The lowest BCUT2D eigenvalue weighted by atomic mass is 9.97. The Morgan fingerprint density at radius 2 is 2.12 bits per heavy atom. The minimum atomic E-state index is -0.354. The highest BCUT2D eigenvalue weighted by molar-refractivity contribution is 7.98. The molecule has 0 spiro atoms. The van der Waals surface area contributed by atoms with Crippen molar-refractivity contribution in [1.29, 1.82) is 0 Å². The number of benzene rings is 1. The largest absolute Gasteiger partial charge is 0.310 e. The molecule has 1 aliphatic heterocycles. The Morgan fingerprint density at radius 1 is 1.31 bits per heavy atom. The number of hydrogen-bond donors (Lipinski definition) is 1. The smallest absolute Gasteiger partial charge is 0.141 e. The van der Waals surface area contributed by atoms with Crippen molar-refractivity contribution < 1.29 is 8.78 Å². The fourth-order valence-electron chi connectivity index (χ4n) is 2.10. The van der Waals surface area contributed by atoms with Gasteiger partial charge < -0.3 is 5.32 Å². The van der Waals surface area contributed by atoms with Crippen LogP contribution in [-0.4, -0.2) is 12.8 Å². The minimum Gasteiger partial charge on any atom is -0.310 e. The van der Waals surface area contributed by atoms with Crippen molar-refractivity contribution >= 4 is 11.8 Å². The van der Waals surface area contributed by atoms with Gasteiger partial charge in [-0.25, -0.2) is 8.78 Å². The predicted molar refractivity (Wildman–Crippen MR) is 62.7 cm³/mol. The summed E-state index contributed by atoms with van der Waals surface area (Å²) < 4.78 is 27.4. The normalized spacial score (nSPS) is 21.1. The molecule has 1 heterocycles. The third kappa shape index (κ3) is 2.38. The van der Waals surface area contributed by atoms with Crippen molar-refractivity contribution in [2.45, 2.75) is 30.2 Å². The Labute approximate surface area is 98.6 Å². The zero-order valence-electron chi connectivity index (χ0n) is 9.22. The van der Waals surface area contributed by atoms with Gasteiger partial charge >= 0.3 is 0 Å². The highest BCUT2D eigenvalue weighted by atomic mass is 32.2. The molecule has 1 fully saturated rings. The quantitative estimate of drug-likeness (QED) is 0.798. The molecule has 1 aliphatic rings. The topological polar surface area (TPSA) is 12.0 Å². The molecule has 88 valence electrons. The van der Waals surface area contributed by atoms with Crippen LogP contribution in [0.25, 0.3) is 0 Å². The van der Waals surface area contributed by atoms with E-state index in [2.05, 4.69) is 5.32 Å². The summed E-state index contributed by atoms with van der Waals surface area (Å²) in [5, 5.41) is 3.24. The van der Waals surface area contributed by atoms with Gasteiger partial charge in [0.2, 0.25) is 0 Å². The zero-order valence-corrected chi connectivity index (χ0v) is 10.0. The van der Waals surface area contributed by atoms with Crippen LogP contribution in [0.5, 0.6) is 0 Å². The van der Waals surface area contributed by atoms with Crippen LogP contribution in [0.2, 0.25) is 0 Å². The lowest BCUT2D eigenvalue weighted by Crippen LogP contribution is -2.27. The lowest BCUT2D eigenvalue weighted by Gasteiger charge is -2.24. The first-order chi connectivity index (χ1) is 7.72. The lowest BCUT2D eigenvalue weighted by molar-refractivity contribution is 0.395. The third-order valence-electron chi connectivity index (χ3n) is 2.94. The number of rotatable bonds is 2. The van der Waals surface area contributed by atoms with Gasteiger partial charge in [-0.2, -0.15) is 0 Å². The second-order valence-corrected chi connectivity index (χ2v) is 4.86. The van der Waals surface area contributed by atoms with Crippen LogP contribution in [0.15, 0.2) is 17.0 Å². The van der Waals surface area contributed by atoms with Crippen molar-refractivity contribution in [2.75, 3.05) is 12.8 Å². The van der Waals surface area contributed by atoms with E-state index >= 15 is 0 Å². The van der Waals surface area contributed by atoms with Crippen molar-refractivity contribution in [2.24, 2.45) is 0 Å². The molecule has 0 aliphatic carbocycles. The van der Waals surface area contributed by atoms with E-state index in [4.69, 9.17) is 0 Å². The van der Waals surface area contributed by atoms with Crippen LogP contribution in [0.3, 0.4) is 0 Å². The van der Waals surface area contributed by atoms with E-state index in [1.807, 2.05) is 0 Å². The minimum absolute atomic E-state index is 0.0321. The van der Waals surface area contributed by atoms with Gasteiger partial charge in [-0.1, -0.05) is 6.42 Å². The molecule has 0 aromatic heterocycles. The van der Waals surface area contributed by atoms with Gasteiger partial charge in [-0.15, -0.1) is 11.8 Å². The molecule has 1 nitrogen and oxygen atoms in total. The molecule has 1 saturated heterocycles. The Kier molecular flexibility index (Phi) is 3.82. The first kappa shape index (κ1) is 11.9. The molecule has 16 heavy (non-hydrogen) atoms. The number of piperidine rings is 1. The highest BCUT2D eigenvalue weighted by Crippen LogP contribution is 2.30. The standard InChI is InChI=1S/C12H15F2NS/c1-16-11-7-8(13)6-9(12(11)14)10-4-2-3-5-15-10/h6-7,10,15H,2-5H2,1H3. The molecular weight excluding hydrogens is 228 g/mol. The summed E-state index contributed by atoms with van der Waals surface area (Å²) in [6.45, 7) is 0.884. The van der Waals surface area contributed by atoms with Gasteiger partial charge in [0, 0.05) is 16.5 Å². The Morgan fingerprint density at radius 3 is 2.75 bits per heavy atom. The summed E-state index contributed by atoms with van der Waals surface area (Å²) in [4.78, 5) is 0.391. The van der Waals surface area contributed by atoms with E-state index in [0.717, 1.165) is 25.8 Å². The Bertz CT molecular complexity index is 376. The summed E-state index contributed by atoms with van der Waals surface area (Å²) in [5.41, 5.74) is 0.476. The van der Waals surface area contributed by atoms with Gasteiger partial charge in [0.05, 0.1) is 0 Å². The van der Waals surface area contributed by atoms with Gasteiger partial charge in [-0.3, -0.25) is 0 Å². The maximum Gasteiger partial charge on any atom is 0.141 e. The second kappa shape index (κ2) is 5.15. The Hall–Kier alpha value is -0.610. The zero-order chi connectivity index (χ0) is 11.5. The first-order valence-corrected chi connectivity index (χ1v) is 6.71. The van der Waals surface area contributed by atoms with E-state index < -0.39 is 0 Å². The van der Waals surface area contributed by atoms with E-state index in [0.29, 0.717) is 10.5 Å². The van der Waals surface area contributed by atoms with Gasteiger partial charge in [0.25, 0.3) is 0 Å². The molecule has 0 radical (unpaired) electrons. The van der Waals surface area contributed by atoms with Gasteiger partial charge in [0.1, 0.15) is 11.6 Å². The third-order valence-corrected chi connectivity index (χ3v) is 3.67. The fourth-order valence-corrected chi connectivity index (χ4v) is 2.63. The molecule has 1 N–H and O–H groups in total. The van der Waals surface area contributed by atoms with E-state index in [-0.39, 0.29) is 17.7 Å². The number of halogens is 2. The summed E-state index contributed by atoms with van der Waals surface area (Å²) >= 11 is 1.24. The van der Waals surface area contributed by atoms with E-state index in [1.165, 1.54) is 23.9 Å². The van der Waals surface area contributed by atoms with Gasteiger partial charge in [-0.05, 0) is 37.8 Å². The van der Waals surface area contributed by atoms with Crippen LogP contribution >= 0.6 is 11.8 Å². The summed E-state index contributed by atoms with van der Waals surface area (Å²) in [6, 6.07) is 2.54. The summed E-state index contributed by atoms with van der Waals surface area (Å²) in [7, 11) is 0. The number of hydrogen-bond acceptors (Lipinski definition) is 2. The summed E-state index contributed by atoms with van der Waals surface area (Å²) in [6.07, 6.45) is 4.83. The molecule has 1 aromatic rings. The van der Waals surface area contributed by atoms with Crippen LogP contribution in [0.1, 0.15) is 30.9 Å². The fraction of sp³-hybridized carbons (Fsp3) is 0.500. The second-order valence-electron chi connectivity index (χ2n) is 4.01. The van der Waals surface area contributed by atoms with Crippen molar-refractivity contribution in [1.82, 2.24) is 5.32 Å². The van der Waals surface area contributed by atoms with Crippen molar-refractivity contribution in [3.8, 4) is 0 Å². The van der Waals surface area contributed by atoms with Crippen LogP contribution < -0.4 is 5.32 Å². The number of thioether (sulfide) groups is 1.